The van der Waals surface area contributed by atoms with Crippen molar-refractivity contribution in [2.45, 2.75) is 6.17 Å². The molecule has 0 radical (unpaired) electrons. The number of carboxylic acid groups (broad SMARTS) is 1. The molecule has 0 aromatic heterocycles. The molecule has 1 aliphatic rings. The lowest BCUT2D eigenvalue weighted by molar-refractivity contribution is -0.132. The highest BCUT2D eigenvalue weighted by atomic mass is 16.4. The Balaban J connectivity index is 2.31. The summed E-state index contributed by atoms with van der Waals surface area (Å²) in [6.07, 6.45) is 4.32. The number of carbonyl (C=O) groups is 1. The Hall–Kier alpha value is -2.07. The van der Waals surface area contributed by atoms with Crippen molar-refractivity contribution in [3.05, 3.63) is 54.3 Å². The van der Waals surface area contributed by atoms with Crippen molar-refractivity contribution in [1.29, 1.82) is 0 Å². The maximum atomic E-state index is 10.9. The number of benzene rings is 1. The first kappa shape index (κ1) is 10.4. The average molecular weight is 216 g/mol. The van der Waals surface area contributed by atoms with Crippen LogP contribution in [0.15, 0.2) is 54.3 Å². The molecule has 0 spiro atoms. The zero-order chi connectivity index (χ0) is 11.5. The summed E-state index contributed by atoms with van der Waals surface area (Å²) in [4.78, 5) is 12.7. The van der Waals surface area contributed by atoms with Crippen molar-refractivity contribution >= 4 is 11.7 Å². The zero-order valence-corrected chi connectivity index (χ0v) is 8.58. The molecule has 0 amide bonds. The van der Waals surface area contributed by atoms with Crippen LogP contribution in [0, 0.1) is 0 Å². The Labute approximate surface area is 93.3 Å². The van der Waals surface area contributed by atoms with Crippen LogP contribution >= 0.6 is 0 Å². The Kier molecular flexibility index (Phi) is 2.74. The van der Waals surface area contributed by atoms with Crippen molar-refractivity contribution < 1.29 is 9.90 Å². The van der Waals surface area contributed by atoms with E-state index in [4.69, 9.17) is 10.8 Å². The van der Waals surface area contributed by atoms with E-state index in [1.165, 1.54) is 6.08 Å². The van der Waals surface area contributed by atoms with Gasteiger partial charge in [-0.15, -0.1) is 0 Å². The second kappa shape index (κ2) is 4.20. The van der Waals surface area contributed by atoms with Gasteiger partial charge in [0.05, 0.1) is 5.57 Å². The minimum atomic E-state index is -0.988. The third-order valence-electron chi connectivity index (χ3n) is 2.44. The summed E-state index contributed by atoms with van der Waals surface area (Å²) in [5.74, 6) is -0.988. The highest BCUT2D eigenvalue weighted by Gasteiger charge is 2.23. The van der Waals surface area contributed by atoms with Gasteiger partial charge in [-0.1, -0.05) is 18.2 Å². The molecule has 1 aromatic rings. The summed E-state index contributed by atoms with van der Waals surface area (Å²) in [7, 11) is 0. The molecule has 0 saturated heterocycles. The molecular weight excluding hydrogens is 204 g/mol. The van der Waals surface area contributed by atoms with E-state index in [0.717, 1.165) is 5.69 Å². The van der Waals surface area contributed by atoms with Gasteiger partial charge in [-0.2, -0.15) is 0 Å². The summed E-state index contributed by atoms with van der Waals surface area (Å²) in [6, 6.07) is 9.43. The van der Waals surface area contributed by atoms with E-state index in [9.17, 15) is 4.79 Å². The number of carboxylic acids is 1. The third-order valence-corrected chi connectivity index (χ3v) is 2.44. The van der Waals surface area contributed by atoms with Crippen molar-refractivity contribution in [1.82, 2.24) is 0 Å². The first-order valence-electron chi connectivity index (χ1n) is 4.91. The average Bonchev–Trinajstić information content (AvgIpc) is 2.30. The van der Waals surface area contributed by atoms with E-state index < -0.39 is 12.1 Å². The molecule has 4 heteroatoms. The summed E-state index contributed by atoms with van der Waals surface area (Å²) in [5, 5.41) is 8.96. The van der Waals surface area contributed by atoms with Crippen molar-refractivity contribution in [3.63, 3.8) is 0 Å². The number of allylic oxidation sites excluding steroid dienone is 2. The molecule has 2 rings (SSSR count). The molecule has 0 aliphatic carbocycles. The van der Waals surface area contributed by atoms with Gasteiger partial charge in [0.1, 0.15) is 6.17 Å². The van der Waals surface area contributed by atoms with Gasteiger partial charge in [0, 0.05) is 11.9 Å². The maximum absolute atomic E-state index is 10.9. The molecule has 1 aromatic carbocycles. The number of rotatable bonds is 2. The maximum Gasteiger partial charge on any atom is 0.335 e. The second-order valence-electron chi connectivity index (χ2n) is 3.46. The van der Waals surface area contributed by atoms with Crippen LogP contribution in [0.25, 0.3) is 0 Å². The predicted molar refractivity (Wildman–Crippen MR) is 61.8 cm³/mol. The minimum Gasteiger partial charge on any atom is -0.478 e. The van der Waals surface area contributed by atoms with Crippen LogP contribution in [0.4, 0.5) is 5.69 Å². The number of aliphatic carboxylic acids is 1. The Morgan fingerprint density at radius 1 is 1.31 bits per heavy atom. The molecule has 1 unspecified atom stereocenters. The van der Waals surface area contributed by atoms with E-state index in [1.54, 1.807) is 17.2 Å². The topological polar surface area (TPSA) is 66.6 Å². The van der Waals surface area contributed by atoms with Gasteiger partial charge in [0.2, 0.25) is 0 Å². The largest absolute Gasteiger partial charge is 0.478 e. The van der Waals surface area contributed by atoms with Crippen LogP contribution in [-0.2, 0) is 4.79 Å². The van der Waals surface area contributed by atoms with Crippen LogP contribution in [0.3, 0.4) is 0 Å². The molecule has 3 N–H and O–H groups in total. The lowest BCUT2D eigenvalue weighted by atomic mass is 10.1. The summed E-state index contributed by atoms with van der Waals surface area (Å²) < 4.78 is 0. The normalized spacial score (nSPS) is 19.4. The number of anilines is 1. The fourth-order valence-electron chi connectivity index (χ4n) is 1.63. The number of nitrogens with zero attached hydrogens (tertiary/aromatic N) is 1. The summed E-state index contributed by atoms with van der Waals surface area (Å²) in [5.41, 5.74) is 6.94. The monoisotopic (exact) mass is 216 g/mol. The number of hydrogen-bond acceptors (Lipinski definition) is 3. The number of hydrogen-bond donors (Lipinski definition) is 2. The van der Waals surface area contributed by atoms with Gasteiger partial charge in [-0.05, 0) is 24.3 Å². The molecule has 0 saturated carbocycles. The smallest absolute Gasteiger partial charge is 0.335 e. The van der Waals surface area contributed by atoms with Gasteiger partial charge in [-0.25, -0.2) is 4.79 Å². The molecule has 1 heterocycles. The highest BCUT2D eigenvalue weighted by Crippen LogP contribution is 2.21. The lowest BCUT2D eigenvalue weighted by Crippen LogP contribution is -2.43. The fraction of sp³-hybridized carbons (Fsp3) is 0.0833. The molecule has 1 aliphatic heterocycles. The summed E-state index contributed by atoms with van der Waals surface area (Å²) in [6.45, 7) is 0. The van der Waals surface area contributed by atoms with E-state index in [2.05, 4.69) is 0 Å². The Morgan fingerprint density at radius 3 is 2.62 bits per heavy atom. The third kappa shape index (κ3) is 1.83. The SMILES string of the molecule is NC1C(C(=O)O)=CC=CN1c1ccccc1. The molecule has 0 fully saturated rings. The van der Waals surface area contributed by atoms with E-state index in [-0.39, 0.29) is 5.57 Å². The molecule has 16 heavy (non-hydrogen) atoms. The molecule has 1 atom stereocenters. The van der Waals surface area contributed by atoms with E-state index in [1.807, 2.05) is 30.3 Å². The Morgan fingerprint density at radius 2 is 2.00 bits per heavy atom. The minimum absolute atomic E-state index is 0.186. The first-order valence-corrected chi connectivity index (χ1v) is 4.91. The first-order chi connectivity index (χ1) is 7.70. The summed E-state index contributed by atoms with van der Waals surface area (Å²) >= 11 is 0. The van der Waals surface area contributed by atoms with Crippen molar-refractivity contribution in [3.8, 4) is 0 Å². The lowest BCUT2D eigenvalue weighted by Gasteiger charge is -2.30. The van der Waals surface area contributed by atoms with E-state index in [0.29, 0.717) is 0 Å². The Bertz CT molecular complexity index is 451. The fourth-order valence-corrected chi connectivity index (χ4v) is 1.63. The van der Waals surface area contributed by atoms with Gasteiger partial charge in [0.25, 0.3) is 0 Å². The van der Waals surface area contributed by atoms with Crippen LogP contribution in [0.1, 0.15) is 0 Å². The number of nitrogens with two attached hydrogens (primary N) is 1. The second-order valence-corrected chi connectivity index (χ2v) is 3.46. The van der Waals surface area contributed by atoms with Crippen LogP contribution < -0.4 is 10.6 Å². The van der Waals surface area contributed by atoms with E-state index >= 15 is 0 Å². The van der Waals surface area contributed by atoms with Crippen LogP contribution in [0.5, 0.6) is 0 Å². The van der Waals surface area contributed by atoms with Crippen molar-refractivity contribution in [2.75, 3.05) is 4.90 Å². The highest BCUT2D eigenvalue weighted by molar-refractivity contribution is 5.89. The molecule has 4 nitrogen and oxygen atoms in total. The van der Waals surface area contributed by atoms with Crippen LogP contribution in [0.2, 0.25) is 0 Å². The van der Waals surface area contributed by atoms with Gasteiger partial charge in [0.15, 0.2) is 0 Å². The predicted octanol–water partition coefficient (Wildman–Crippen LogP) is 1.32. The van der Waals surface area contributed by atoms with Crippen molar-refractivity contribution in [2.24, 2.45) is 5.73 Å². The van der Waals surface area contributed by atoms with Gasteiger partial charge in [-0.3, -0.25) is 0 Å². The molecule has 82 valence electrons. The quantitative estimate of drug-likeness (QED) is 0.782. The zero-order valence-electron chi connectivity index (χ0n) is 8.58. The molecule has 0 bridgehead atoms. The van der Waals surface area contributed by atoms with Gasteiger partial charge < -0.3 is 15.7 Å². The van der Waals surface area contributed by atoms with Gasteiger partial charge >= 0.3 is 5.97 Å². The van der Waals surface area contributed by atoms with Crippen LogP contribution in [-0.4, -0.2) is 17.2 Å². The standard InChI is InChI=1S/C12H12N2O2/c13-11-10(12(15)16)7-4-8-14(11)9-5-2-1-3-6-9/h1-8,11H,13H2,(H,15,16). The molecular formula is C12H12N2O2. The number of para-hydroxylation sites is 1.